The molecule has 1 N–H and O–H groups in total. The molecule has 3 rings (SSSR count). The van der Waals surface area contributed by atoms with Gasteiger partial charge in [-0.1, -0.05) is 12.1 Å². The summed E-state index contributed by atoms with van der Waals surface area (Å²) in [5.41, 5.74) is 2.77. The molecule has 0 saturated carbocycles. The SMILES string of the molecule is CCOc1ccc([C@H](C)Nc2nccc3nccnc23)cc1. The molecule has 22 heavy (non-hydrogen) atoms. The van der Waals surface area contributed by atoms with E-state index in [9.17, 15) is 0 Å². The van der Waals surface area contributed by atoms with Crippen LogP contribution in [0.2, 0.25) is 0 Å². The number of nitrogens with one attached hydrogen (secondary N) is 1. The Hall–Kier alpha value is -2.69. The molecule has 0 amide bonds. The third kappa shape index (κ3) is 2.98. The molecule has 0 aliphatic carbocycles. The first-order valence-electron chi connectivity index (χ1n) is 7.33. The molecule has 0 fully saturated rings. The van der Waals surface area contributed by atoms with E-state index in [0.29, 0.717) is 6.61 Å². The molecule has 0 aliphatic heterocycles. The fourth-order valence-corrected chi connectivity index (χ4v) is 2.31. The van der Waals surface area contributed by atoms with Gasteiger partial charge in [0.25, 0.3) is 0 Å². The molecule has 0 aliphatic rings. The maximum Gasteiger partial charge on any atom is 0.154 e. The van der Waals surface area contributed by atoms with Crippen LogP contribution in [0, 0.1) is 0 Å². The molecule has 0 unspecified atom stereocenters. The second kappa shape index (κ2) is 6.39. The highest BCUT2D eigenvalue weighted by atomic mass is 16.5. The van der Waals surface area contributed by atoms with E-state index < -0.39 is 0 Å². The average molecular weight is 294 g/mol. The number of benzene rings is 1. The molecular weight excluding hydrogens is 276 g/mol. The third-order valence-electron chi connectivity index (χ3n) is 3.43. The van der Waals surface area contributed by atoms with Crippen LogP contribution in [0.25, 0.3) is 11.0 Å². The van der Waals surface area contributed by atoms with E-state index in [-0.39, 0.29) is 6.04 Å². The summed E-state index contributed by atoms with van der Waals surface area (Å²) in [5, 5.41) is 3.40. The summed E-state index contributed by atoms with van der Waals surface area (Å²) in [6.07, 6.45) is 5.10. The Labute approximate surface area is 129 Å². The van der Waals surface area contributed by atoms with E-state index in [2.05, 4.69) is 39.3 Å². The smallest absolute Gasteiger partial charge is 0.154 e. The van der Waals surface area contributed by atoms with Crippen molar-refractivity contribution in [1.29, 1.82) is 0 Å². The molecule has 1 aromatic carbocycles. The van der Waals surface area contributed by atoms with Crippen LogP contribution in [0.5, 0.6) is 5.75 Å². The Balaban J connectivity index is 1.82. The van der Waals surface area contributed by atoms with E-state index in [1.807, 2.05) is 25.1 Å². The quantitative estimate of drug-likeness (QED) is 0.779. The summed E-state index contributed by atoms with van der Waals surface area (Å²) in [7, 11) is 0. The number of hydrogen-bond acceptors (Lipinski definition) is 5. The molecule has 2 heterocycles. The monoisotopic (exact) mass is 294 g/mol. The van der Waals surface area contributed by atoms with Crippen LogP contribution in [0.4, 0.5) is 5.82 Å². The lowest BCUT2D eigenvalue weighted by Crippen LogP contribution is -2.09. The molecule has 0 saturated heterocycles. The fourth-order valence-electron chi connectivity index (χ4n) is 2.31. The van der Waals surface area contributed by atoms with E-state index in [1.54, 1.807) is 18.6 Å². The highest BCUT2D eigenvalue weighted by Gasteiger charge is 2.10. The number of anilines is 1. The summed E-state index contributed by atoms with van der Waals surface area (Å²) >= 11 is 0. The molecule has 2 aromatic heterocycles. The van der Waals surface area contributed by atoms with Crippen molar-refractivity contribution in [2.45, 2.75) is 19.9 Å². The molecule has 5 nitrogen and oxygen atoms in total. The molecular formula is C17H18N4O. The van der Waals surface area contributed by atoms with E-state index in [0.717, 1.165) is 28.2 Å². The van der Waals surface area contributed by atoms with Crippen molar-refractivity contribution in [2.75, 3.05) is 11.9 Å². The number of fused-ring (bicyclic) bond motifs is 1. The zero-order chi connectivity index (χ0) is 15.4. The number of hydrogen-bond donors (Lipinski definition) is 1. The second-order valence-electron chi connectivity index (χ2n) is 4.95. The highest BCUT2D eigenvalue weighted by Crippen LogP contribution is 2.23. The Morgan fingerprint density at radius 3 is 2.55 bits per heavy atom. The molecule has 3 aromatic rings. The Morgan fingerprint density at radius 1 is 1.00 bits per heavy atom. The maximum absolute atomic E-state index is 5.47. The van der Waals surface area contributed by atoms with Gasteiger partial charge in [-0.05, 0) is 37.6 Å². The first-order chi connectivity index (χ1) is 10.8. The van der Waals surface area contributed by atoms with Gasteiger partial charge in [0.05, 0.1) is 18.2 Å². The predicted molar refractivity (Wildman–Crippen MR) is 87.0 cm³/mol. The Morgan fingerprint density at radius 2 is 1.77 bits per heavy atom. The summed E-state index contributed by atoms with van der Waals surface area (Å²) in [5.74, 6) is 1.62. The van der Waals surface area contributed by atoms with Crippen LogP contribution in [-0.2, 0) is 0 Å². The minimum atomic E-state index is 0.107. The van der Waals surface area contributed by atoms with Gasteiger partial charge in [-0.2, -0.15) is 0 Å². The van der Waals surface area contributed by atoms with Gasteiger partial charge in [-0.15, -0.1) is 0 Å². The Bertz CT molecular complexity index is 753. The number of nitrogens with zero attached hydrogens (tertiary/aromatic N) is 3. The lowest BCUT2D eigenvalue weighted by molar-refractivity contribution is 0.340. The Kier molecular flexibility index (Phi) is 4.14. The summed E-state index contributed by atoms with van der Waals surface area (Å²) in [6.45, 7) is 4.74. The molecule has 112 valence electrons. The van der Waals surface area contributed by atoms with Crippen LogP contribution < -0.4 is 10.1 Å². The van der Waals surface area contributed by atoms with Gasteiger partial charge in [-0.3, -0.25) is 4.98 Å². The van der Waals surface area contributed by atoms with Crippen molar-refractivity contribution in [3.05, 3.63) is 54.5 Å². The van der Waals surface area contributed by atoms with Crippen molar-refractivity contribution in [3.63, 3.8) is 0 Å². The predicted octanol–water partition coefficient (Wildman–Crippen LogP) is 3.60. The van der Waals surface area contributed by atoms with Crippen LogP contribution in [0.15, 0.2) is 48.9 Å². The number of ether oxygens (including phenoxy) is 1. The van der Waals surface area contributed by atoms with Gasteiger partial charge in [0.2, 0.25) is 0 Å². The molecule has 5 heteroatoms. The number of pyridine rings is 1. The van der Waals surface area contributed by atoms with Crippen molar-refractivity contribution in [1.82, 2.24) is 15.0 Å². The van der Waals surface area contributed by atoms with Crippen molar-refractivity contribution in [3.8, 4) is 5.75 Å². The molecule has 0 bridgehead atoms. The third-order valence-corrected chi connectivity index (χ3v) is 3.43. The van der Waals surface area contributed by atoms with Crippen LogP contribution in [-0.4, -0.2) is 21.6 Å². The first kappa shape index (κ1) is 14.3. The van der Waals surface area contributed by atoms with E-state index in [4.69, 9.17) is 4.74 Å². The van der Waals surface area contributed by atoms with Gasteiger partial charge < -0.3 is 10.1 Å². The fraction of sp³-hybridized carbons (Fsp3) is 0.235. The largest absolute Gasteiger partial charge is 0.494 e. The summed E-state index contributed by atoms with van der Waals surface area (Å²) < 4.78 is 5.47. The number of rotatable bonds is 5. The zero-order valence-corrected chi connectivity index (χ0v) is 12.7. The molecule has 0 radical (unpaired) electrons. The van der Waals surface area contributed by atoms with Crippen LogP contribution >= 0.6 is 0 Å². The van der Waals surface area contributed by atoms with Gasteiger partial charge in [-0.25, -0.2) is 9.97 Å². The minimum Gasteiger partial charge on any atom is -0.494 e. The van der Waals surface area contributed by atoms with Crippen molar-refractivity contribution >= 4 is 16.9 Å². The number of aromatic nitrogens is 3. The van der Waals surface area contributed by atoms with Crippen LogP contribution in [0.1, 0.15) is 25.5 Å². The lowest BCUT2D eigenvalue weighted by atomic mass is 10.1. The highest BCUT2D eigenvalue weighted by molar-refractivity contribution is 5.84. The molecule has 1 atom stereocenters. The van der Waals surface area contributed by atoms with Gasteiger partial charge in [0.1, 0.15) is 11.3 Å². The first-order valence-corrected chi connectivity index (χ1v) is 7.33. The topological polar surface area (TPSA) is 59.9 Å². The van der Waals surface area contributed by atoms with Crippen LogP contribution in [0.3, 0.4) is 0 Å². The minimum absolute atomic E-state index is 0.107. The standard InChI is InChI=1S/C17H18N4O/c1-3-22-14-6-4-13(5-7-14)12(2)21-17-16-15(8-9-20-17)18-10-11-19-16/h4-12H,3H2,1-2H3,(H,20,21)/t12-/m0/s1. The lowest BCUT2D eigenvalue weighted by Gasteiger charge is -2.16. The van der Waals surface area contributed by atoms with E-state index in [1.165, 1.54) is 0 Å². The summed E-state index contributed by atoms with van der Waals surface area (Å²) in [6, 6.07) is 10.0. The molecule has 0 spiro atoms. The second-order valence-corrected chi connectivity index (χ2v) is 4.95. The van der Waals surface area contributed by atoms with Gasteiger partial charge in [0, 0.05) is 18.6 Å². The summed E-state index contributed by atoms with van der Waals surface area (Å²) in [4.78, 5) is 13.0. The van der Waals surface area contributed by atoms with Crippen molar-refractivity contribution < 1.29 is 4.74 Å². The average Bonchev–Trinajstić information content (AvgIpc) is 2.56. The van der Waals surface area contributed by atoms with Gasteiger partial charge >= 0.3 is 0 Å². The normalized spacial score (nSPS) is 12.1. The van der Waals surface area contributed by atoms with Crippen molar-refractivity contribution in [2.24, 2.45) is 0 Å². The maximum atomic E-state index is 5.47. The van der Waals surface area contributed by atoms with E-state index >= 15 is 0 Å². The van der Waals surface area contributed by atoms with Gasteiger partial charge in [0.15, 0.2) is 5.82 Å². The zero-order valence-electron chi connectivity index (χ0n) is 12.7.